The minimum Gasteiger partial charge on any atom is -0.333 e. The number of hydrogen-bond donors (Lipinski definition) is 1. The molecule has 1 atom stereocenters. The van der Waals surface area contributed by atoms with E-state index in [4.69, 9.17) is 11.6 Å². The van der Waals surface area contributed by atoms with Crippen LogP contribution in [-0.2, 0) is 11.3 Å². The van der Waals surface area contributed by atoms with E-state index < -0.39 is 0 Å². The molecule has 2 heterocycles. The summed E-state index contributed by atoms with van der Waals surface area (Å²) >= 11 is 6.31. The van der Waals surface area contributed by atoms with Crippen molar-refractivity contribution in [1.82, 2.24) is 20.0 Å². The topological polar surface area (TPSA) is 50.2 Å². The second kappa shape index (κ2) is 9.89. The maximum atomic E-state index is 12.6. The number of benzene rings is 1. The average molecular weight is 392 g/mol. The van der Waals surface area contributed by atoms with E-state index in [-0.39, 0.29) is 36.8 Å². The van der Waals surface area contributed by atoms with Gasteiger partial charge in [0.2, 0.25) is 5.91 Å². The highest BCUT2D eigenvalue weighted by Crippen LogP contribution is 2.28. The van der Waals surface area contributed by atoms with Crippen LogP contribution in [0.15, 0.2) is 42.7 Å². The summed E-state index contributed by atoms with van der Waals surface area (Å²) in [6.45, 7) is 2.85. The SMILES string of the molecule is Cl.Cl.O=C(CCn1cccn1)N1CCNCC1c1ccccc1Cl. The van der Waals surface area contributed by atoms with Crippen molar-refractivity contribution in [3.8, 4) is 0 Å². The second-order valence-electron chi connectivity index (χ2n) is 5.35. The molecule has 0 saturated carbocycles. The van der Waals surface area contributed by atoms with Gasteiger partial charge in [-0.05, 0) is 17.7 Å². The number of halogens is 3. The van der Waals surface area contributed by atoms with Crippen molar-refractivity contribution in [1.29, 1.82) is 0 Å². The third-order valence-electron chi connectivity index (χ3n) is 3.94. The smallest absolute Gasteiger partial charge is 0.225 e. The number of rotatable bonds is 4. The van der Waals surface area contributed by atoms with Gasteiger partial charge in [0.25, 0.3) is 0 Å². The molecule has 1 aromatic carbocycles. The summed E-state index contributed by atoms with van der Waals surface area (Å²) in [7, 11) is 0. The number of aromatic nitrogens is 2. The fraction of sp³-hybridized carbons (Fsp3) is 0.375. The van der Waals surface area contributed by atoms with Crippen molar-refractivity contribution >= 4 is 42.3 Å². The fourth-order valence-corrected chi connectivity index (χ4v) is 3.07. The van der Waals surface area contributed by atoms with E-state index in [0.29, 0.717) is 24.5 Å². The number of amides is 1. The predicted molar refractivity (Wildman–Crippen MR) is 100 cm³/mol. The summed E-state index contributed by atoms with van der Waals surface area (Å²) in [6.07, 6.45) is 4.04. The van der Waals surface area contributed by atoms with E-state index in [1.807, 2.05) is 41.4 Å². The Kier molecular flexibility index (Phi) is 8.56. The minimum absolute atomic E-state index is 0. The lowest BCUT2D eigenvalue weighted by Crippen LogP contribution is -2.49. The molecule has 24 heavy (non-hydrogen) atoms. The summed E-state index contributed by atoms with van der Waals surface area (Å²) in [6, 6.07) is 9.59. The molecule has 0 aliphatic carbocycles. The van der Waals surface area contributed by atoms with Gasteiger partial charge in [-0.2, -0.15) is 5.10 Å². The molecule has 3 rings (SSSR count). The number of nitrogens with zero attached hydrogens (tertiary/aromatic N) is 3. The van der Waals surface area contributed by atoms with Crippen LogP contribution in [0.4, 0.5) is 0 Å². The van der Waals surface area contributed by atoms with Crippen molar-refractivity contribution in [2.45, 2.75) is 19.0 Å². The van der Waals surface area contributed by atoms with E-state index in [9.17, 15) is 4.79 Å². The number of hydrogen-bond acceptors (Lipinski definition) is 3. The summed E-state index contributed by atoms with van der Waals surface area (Å²) in [4.78, 5) is 14.5. The van der Waals surface area contributed by atoms with Gasteiger partial charge in [0.1, 0.15) is 0 Å². The van der Waals surface area contributed by atoms with Crippen molar-refractivity contribution in [3.63, 3.8) is 0 Å². The van der Waals surface area contributed by atoms with E-state index in [1.54, 1.807) is 10.9 Å². The van der Waals surface area contributed by atoms with Gasteiger partial charge in [0, 0.05) is 50.0 Å². The third-order valence-corrected chi connectivity index (χ3v) is 4.29. The van der Waals surface area contributed by atoms with Gasteiger partial charge in [-0.25, -0.2) is 0 Å². The maximum Gasteiger partial charge on any atom is 0.225 e. The quantitative estimate of drug-likeness (QED) is 0.872. The number of aryl methyl sites for hydroxylation is 1. The summed E-state index contributed by atoms with van der Waals surface area (Å²) in [5.41, 5.74) is 1.00. The Hall–Kier alpha value is -1.27. The van der Waals surface area contributed by atoms with Gasteiger partial charge in [-0.3, -0.25) is 9.48 Å². The number of carbonyl (C=O) groups excluding carboxylic acids is 1. The largest absolute Gasteiger partial charge is 0.333 e. The first-order chi connectivity index (χ1) is 10.8. The molecule has 1 N–H and O–H groups in total. The third kappa shape index (κ3) is 4.86. The monoisotopic (exact) mass is 390 g/mol. The molecule has 0 radical (unpaired) electrons. The molecule has 0 spiro atoms. The Morgan fingerprint density at radius 3 is 2.79 bits per heavy atom. The zero-order chi connectivity index (χ0) is 15.4. The fourth-order valence-electron chi connectivity index (χ4n) is 2.81. The lowest BCUT2D eigenvalue weighted by atomic mass is 10.0. The average Bonchev–Trinajstić information content (AvgIpc) is 3.06. The summed E-state index contributed by atoms with van der Waals surface area (Å²) in [5.74, 6) is 0.141. The van der Waals surface area contributed by atoms with Gasteiger partial charge in [0.15, 0.2) is 0 Å². The van der Waals surface area contributed by atoms with Crippen LogP contribution < -0.4 is 5.32 Å². The standard InChI is InChI=1S/C16H19ClN4O.2ClH/c17-14-5-2-1-4-13(14)15-12-18-8-11-21(15)16(22)6-10-20-9-3-7-19-20;;/h1-5,7,9,15,18H,6,8,10-12H2;2*1H. The molecule has 5 nitrogen and oxygen atoms in total. The second-order valence-corrected chi connectivity index (χ2v) is 5.75. The van der Waals surface area contributed by atoms with Crippen molar-refractivity contribution in [2.75, 3.05) is 19.6 Å². The molecule has 0 bridgehead atoms. The highest BCUT2D eigenvalue weighted by atomic mass is 35.5. The van der Waals surface area contributed by atoms with Crippen LogP contribution in [0, 0.1) is 0 Å². The molecule has 1 aliphatic rings. The number of nitrogens with one attached hydrogen (secondary N) is 1. The zero-order valence-corrected chi connectivity index (χ0v) is 15.5. The molecular formula is C16H21Cl3N4O. The highest BCUT2D eigenvalue weighted by molar-refractivity contribution is 6.31. The van der Waals surface area contributed by atoms with E-state index >= 15 is 0 Å². The van der Waals surface area contributed by atoms with Crippen LogP contribution in [-0.4, -0.2) is 40.2 Å². The molecule has 8 heteroatoms. The predicted octanol–water partition coefficient (Wildman–Crippen LogP) is 2.94. The van der Waals surface area contributed by atoms with Gasteiger partial charge in [0.05, 0.1) is 6.04 Å². The molecule has 1 aromatic heterocycles. The normalized spacial score (nSPS) is 16.9. The van der Waals surface area contributed by atoms with Gasteiger partial charge in [-0.1, -0.05) is 29.8 Å². The van der Waals surface area contributed by atoms with Crippen LogP contribution in [0.3, 0.4) is 0 Å². The maximum absolute atomic E-state index is 12.6. The molecule has 1 unspecified atom stereocenters. The van der Waals surface area contributed by atoms with E-state index in [2.05, 4.69) is 10.4 Å². The van der Waals surface area contributed by atoms with E-state index in [0.717, 1.165) is 18.7 Å². The first-order valence-electron chi connectivity index (χ1n) is 7.48. The number of carbonyl (C=O) groups is 1. The van der Waals surface area contributed by atoms with Crippen molar-refractivity contribution in [3.05, 3.63) is 53.3 Å². The first-order valence-corrected chi connectivity index (χ1v) is 7.85. The first kappa shape index (κ1) is 20.8. The van der Waals surface area contributed by atoms with Crippen LogP contribution >= 0.6 is 36.4 Å². The van der Waals surface area contributed by atoms with Gasteiger partial charge in [-0.15, -0.1) is 24.8 Å². The number of piperazine rings is 1. The molecule has 1 saturated heterocycles. The zero-order valence-electron chi connectivity index (χ0n) is 13.1. The summed E-state index contributed by atoms with van der Waals surface area (Å²) in [5, 5.41) is 8.19. The Morgan fingerprint density at radius 2 is 2.08 bits per heavy atom. The molecule has 1 amide bonds. The minimum atomic E-state index is -0.00688. The van der Waals surface area contributed by atoms with Crippen molar-refractivity contribution in [2.24, 2.45) is 0 Å². The highest BCUT2D eigenvalue weighted by Gasteiger charge is 2.28. The van der Waals surface area contributed by atoms with Gasteiger partial charge < -0.3 is 10.2 Å². The Labute approximate surface area is 159 Å². The molecule has 1 fully saturated rings. The molecule has 132 valence electrons. The van der Waals surface area contributed by atoms with Gasteiger partial charge >= 0.3 is 0 Å². The van der Waals surface area contributed by atoms with Crippen LogP contribution in [0.1, 0.15) is 18.0 Å². The molecule has 1 aliphatic heterocycles. The Bertz CT molecular complexity index is 636. The molecule has 2 aromatic rings. The molecular weight excluding hydrogens is 371 g/mol. The Morgan fingerprint density at radius 1 is 1.29 bits per heavy atom. The van der Waals surface area contributed by atoms with Crippen LogP contribution in [0.25, 0.3) is 0 Å². The lowest BCUT2D eigenvalue weighted by molar-refractivity contribution is -0.134. The summed E-state index contributed by atoms with van der Waals surface area (Å²) < 4.78 is 1.78. The lowest BCUT2D eigenvalue weighted by Gasteiger charge is -2.37. The van der Waals surface area contributed by atoms with Crippen LogP contribution in [0.5, 0.6) is 0 Å². The van der Waals surface area contributed by atoms with E-state index in [1.165, 1.54) is 0 Å². The van der Waals surface area contributed by atoms with Crippen molar-refractivity contribution < 1.29 is 4.79 Å². The Balaban J connectivity index is 0.00000144. The van der Waals surface area contributed by atoms with Crippen LogP contribution in [0.2, 0.25) is 5.02 Å².